The molecule has 3 nitrogen and oxygen atoms in total. The van der Waals surface area contributed by atoms with Gasteiger partial charge in [-0.2, -0.15) is 0 Å². The zero-order valence-electron chi connectivity index (χ0n) is 8.24. The van der Waals surface area contributed by atoms with E-state index in [0.717, 1.165) is 19.3 Å². The van der Waals surface area contributed by atoms with Gasteiger partial charge in [-0.1, -0.05) is 0 Å². The van der Waals surface area contributed by atoms with Gasteiger partial charge in [0.25, 0.3) is 0 Å². The minimum Gasteiger partial charge on any atom is -0.379 e. The summed E-state index contributed by atoms with van der Waals surface area (Å²) < 4.78 is 5.51. The molecular formula is C10H20N2O. The van der Waals surface area contributed by atoms with Crippen molar-refractivity contribution in [2.75, 3.05) is 26.3 Å². The van der Waals surface area contributed by atoms with Gasteiger partial charge in [-0.05, 0) is 32.2 Å². The van der Waals surface area contributed by atoms with Gasteiger partial charge in [-0.25, -0.2) is 0 Å². The molecule has 3 heteroatoms. The zero-order valence-corrected chi connectivity index (χ0v) is 8.24. The van der Waals surface area contributed by atoms with E-state index in [1.54, 1.807) is 0 Å². The van der Waals surface area contributed by atoms with Gasteiger partial charge in [0, 0.05) is 18.6 Å². The van der Waals surface area contributed by atoms with Crippen LogP contribution in [0.3, 0.4) is 0 Å². The van der Waals surface area contributed by atoms with Crippen LogP contribution in [0.5, 0.6) is 0 Å². The third kappa shape index (κ3) is 2.42. The summed E-state index contributed by atoms with van der Waals surface area (Å²) >= 11 is 0. The van der Waals surface area contributed by atoms with Crippen molar-refractivity contribution in [2.24, 2.45) is 5.73 Å². The van der Waals surface area contributed by atoms with Crippen LogP contribution in [0, 0.1) is 0 Å². The summed E-state index contributed by atoms with van der Waals surface area (Å²) in [5.41, 5.74) is 5.38. The average Bonchev–Trinajstić information content (AvgIpc) is 2.88. The van der Waals surface area contributed by atoms with Crippen LogP contribution in [-0.2, 0) is 4.74 Å². The first-order valence-electron chi connectivity index (χ1n) is 5.45. The van der Waals surface area contributed by atoms with E-state index in [2.05, 4.69) is 4.90 Å². The smallest absolute Gasteiger partial charge is 0.0622 e. The fraction of sp³-hybridized carbons (Fsp3) is 1.00. The first kappa shape index (κ1) is 9.44. The van der Waals surface area contributed by atoms with Crippen LogP contribution >= 0.6 is 0 Å². The van der Waals surface area contributed by atoms with Crippen LogP contribution in [0.25, 0.3) is 0 Å². The molecule has 76 valence electrons. The number of nitrogens with two attached hydrogens (primary N) is 1. The van der Waals surface area contributed by atoms with Gasteiger partial charge in [0.05, 0.1) is 13.2 Å². The highest BCUT2D eigenvalue weighted by Crippen LogP contribution is 2.33. The van der Waals surface area contributed by atoms with Gasteiger partial charge in [0.2, 0.25) is 0 Å². The summed E-state index contributed by atoms with van der Waals surface area (Å²) in [5.74, 6) is 0. The van der Waals surface area contributed by atoms with E-state index < -0.39 is 0 Å². The maximum absolute atomic E-state index is 5.51. The number of rotatable bonds is 5. The predicted molar refractivity (Wildman–Crippen MR) is 52.6 cm³/mol. The van der Waals surface area contributed by atoms with Crippen molar-refractivity contribution in [1.82, 2.24) is 4.90 Å². The molecule has 1 atom stereocenters. The Hall–Kier alpha value is -0.120. The van der Waals surface area contributed by atoms with Crippen LogP contribution in [0.4, 0.5) is 0 Å². The third-order valence-electron chi connectivity index (χ3n) is 3.01. The summed E-state index contributed by atoms with van der Waals surface area (Å²) in [7, 11) is 0. The molecule has 0 amide bonds. The monoisotopic (exact) mass is 184 g/mol. The number of likely N-dealkylation sites (tertiary alicyclic amines) is 1. The molecule has 1 unspecified atom stereocenters. The van der Waals surface area contributed by atoms with Crippen molar-refractivity contribution >= 4 is 0 Å². The van der Waals surface area contributed by atoms with Crippen molar-refractivity contribution < 1.29 is 4.74 Å². The first-order valence-corrected chi connectivity index (χ1v) is 5.45. The molecule has 2 fully saturated rings. The molecule has 1 saturated heterocycles. The van der Waals surface area contributed by atoms with E-state index in [9.17, 15) is 0 Å². The van der Waals surface area contributed by atoms with Gasteiger partial charge >= 0.3 is 0 Å². The Morgan fingerprint density at radius 3 is 2.85 bits per heavy atom. The van der Waals surface area contributed by atoms with Crippen LogP contribution in [0.1, 0.15) is 25.7 Å². The molecule has 0 spiro atoms. The summed E-state index contributed by atoms with van der Waals surface area (Å²) in [4.78, 5) is 2.64. The fourth-order valence-electron chi connectivity index (χ4n) is 2.23. The van der Waals surface area contributed by atoms with Gasteiger partial charge in [0.15, 0.2) is 0 Å². The van der Waals surface area contributed by atoms with Crippen molar-refractivity contribution in [3.05, 3.63) is 0 Å². The lowest BCUT2D eigenvalue weighted by Crippen LogP contribution is -2.35. The maximum Gasteiger partial charge on any atom is 0.0622 e. The summed E-state index contributed by atoms with van der Waals surface area (Å²) in [6.07, 6.45) is 5.50. The fourth-order valence-corrected chi connectivity index (χ4v) is 2.23. The largest absolute Gasteiger partial charge is 0.379 e. The lowest BCUT2D eigenvalue weighted by atomic mass is 10.2. The van der Waals surface area contributed by atoms with E-state index in [-0.39, 0.29) is 0 Å². The molecule has 2 rings (SSSR count). The molecule has 0 aromatic carbocycles. The SMILES string of the molecule is NCCOCC1CCCN1C1CC1. The molecule has 1 aliphatic heterocycles. The Bertz CT molecular complexity index is 159. The predicted octanol–water partition coefficient (Wildman–Crippen LogP) is 0.588. The van der Waals surface area contributed by atoms with Gasteiger partial charge < -0.3 is 10.5 Å². The summed E-state index contributed by atoms with van der Waals surface area (Å²) in [5, 5.41) is 0. The molecule has 0 radical (unpaired) electrons. The summed E-state index contributed by atoms with van der Waals surface area (Å²) in [6.45, 7) is 3.56. The van der Waals surface area contributed by atoms with Crippen LogP contribution in [0.2, 0.25) is 0 Å². The minimum absolute atomic E-state index is 0.649. The first-order chi connectivity index (χ1) is 6.42. The molecule has 1 saturated carbocycles. The topological polar surface area (TPSA) is 38.5 Å². The maximum atomic E-state index is 5.51. The molecule has 0 bridgehead atoms. The molecule has 2 aliphatic rings. The van der Waals surface area contributed by atoms with Crippen LogP contribution < -0.4 is 5.73 Å². The van der Waals surface area contributed by atoms with E-state index in [4.69, 9.17) is 10.5 Å². The highest BCUT2D eigenvalue weighted by atomic mass is 16.5. The molecule has 0 aromatic rings. The lowest BCUT2D eigenvalue weighted by Gasteiger charge is -2.23. The lowest BCUT2D eigenvalue weighted by molar-refractivity contribution is 0.0787. The van der Waals surface area contributed by atoms with Gasteiger partial charge in [-0.3, -0.25) is 4.90 Å². The standard InChI is InChI=1S/C10H20N2O/c11-5-7-13-8-10-2-1-6-12(10)9-3-4-9/h9-10H,1-8,11H2. The van der Waals surface area contributed by atoms with Crippen molar-refractivity contribution in [3.8, 4) is 0 Å². The molecule has 1 aliphatic carbocycles. The second-order valence-corrected chi connectivity index (χ2v) is 4.13. The molecule has 13 heavy (non-hydrogen) atoms. The van der Waals surface area contributed by atoms with E-state index in [0.29, 0.717) is 12.6 Å². The third-order valence-corrected chi connectivity index (χ3v) is 3.01. The Morgan fingerprint density at radius 2 is 2.15 bits per heavy atom. The molecular weight excluding hydrogens is 164 g/mol. The number of hydrogen-bond acceptors (Lipinski definition) is 3. The Balaban J connectivity index is 1.70. The highest BCUT2D eigenvalue weighted by molar-refractivity contribution is 4.92. The quantitative estimate of drug-likeness (QED) is 0.635. The van der Waals surface area contributed by atoms with Crippen molar-refractivity contribution in [2.45, 2.75) is 37.8 Å². The van der Waals surface area contributed by atoms with E-state index in [1.807, 2.05) is 0 Å². The average molecular weight is 184 g/mol. The Morgan fingerprint density at radius 1 is 1.31 bits per heavy atom. The molecule has 0 aromatic heterocycles. The minimum atomic E-state index is 0.649. The number of ether oxygens (including phenoxy) is 1. The summed E-state index contributed by atoms with van der Waals surface area (Å²) in [6, 6.07) is 1.59. The second-order valence-electron chi connectivity index (χ2n) is 4.13. The van der Waals surface area contributed by atoms with Gasteiger partial charge in [-0.15, -0.1) is 0 Å². The van der Waals surface area contributed by atoms with Crippen LogP contribution in [-0.4, -0.2) is 43.3 Å². The number of hydrogen-bond donors (Lipinski definition) is 1. The van der Waals surface area contributed by atoms with E-state index in [1.165, 1.54) is 32.2 Å². The zero-order chi connectivity index (χ0) is 9.10. The van der Waals surface area contributed by atoms with Crippen molar-refractivity contribution in [3.63, 3.8) is 0 Å². The van der Waals surface area contributed by atoms with Crippen LogP contribution in [0.15, 0.2) is 0 Å². The van der Waals surface area contributed by atoms with Crippen molar-refractivity contribution in [1.29, 1.82) is 0 Å². The molecule has 2 N–H and O–H groups in total. The molecule has 1 heterocycles. The Kier molecular flexibility index (Phi) is 3.19. The second kappa shape index (κ2) is 4.40. The highest BCUT2D eigenvalue weighted by Gasteiger charge is 2.36. The normalized spacial score (nSPS) is 29.8. The number of nitrogens with zero attached hydrogens (tertiary/aromatic N) is 1. The van der Waals surface area contributed by atoms with Gasteiger partial charge in [0.1, 0.15) is 0 Å². The van der Waals surface area contributed by atoms with E-state index >= 15 is 0 Å². The Labute approximate surface area is 80.2 Å².